The molecule has 0 fully saturated rings. The predicted molar refractivity (Wildman–Crippen MR) is 60.9 cm³/mol. The average Bonchev–Trinajstić information content (AvgIpc) is 2.34. The van der Waals surface area contributed by atoms with Crippen LogP contribution in [0.15, 0.2) is 18.2 Å². The van der Waals surface area contributed by atoms with Crippen molar-refractivity contribution < 1.29 is 19.4 Å². The molecule has 17 heavy (non-hydrogen) atoms. The number of carbonyl (C=O) groups is 1. The maximum Gasteiger partial charge on any atom is 0.328 e. The first kappa shape index (κ1) is 12.6. The molecule has 1 aromatic carbocycles. The van der Waals surface area contributed by atoms with Crippen LogP contribution in [-0.4, -0.2) is 25.3 Å². The molecule has 5 heteroatoms. The number of aliphatic carboxylic acids is 1. The van der Waals surface area contributed by atoms with Crippen molar-refractivity contribution in [3.8, 4) is 17.6 Å². The average molecular weight is 233 g/mol. The van der Waals surface area contributed by atoms with Gasteiger partial charge in [-0.15, -0.1) is 0 Å². The standard InChI is InChI=1S/C12H11NO4/c1-16-9-5-8(3-4-12(14)15)10(7-13)11(6-9)17-2/h3-6H,1-2H3,(H,14,15). The quantitative estimate of drug-likeness (QED) is 0.800. The van der Waals surface area contributed by atoms with Gasteiger partial charge in [0.15, 0.2) is 0 Å². The Hall–Kier alpha value is -2.48. The molecule has 0 saturated carbocycles. The van der Waals surface area contributed by atoms with Gasteiger partial charge in [-0.05, 0) is 17.7 Å². The van der Waals surface area contributed by atoms with E-state index in [2.05, 4.69) is 0 Å². The molecule has 0 spiro atoms. The summed E-state index contributed by atoms with van der Waals surface area (Å²) >= 11 is 0. The number of carboxylic acids is 1. The summed E-state index contributed by atoms with van der Waals surface area (Å²) in [4.78, 5) is 10.4. The van der Waals surface area contributed by atoms with E-state index in [0.717, 1.165) is 6.08 Å². The van der Waals surface area contributed by atoms with Gasteiger partial charge in [-0.2, -0.15) is 5.26 Å². The summed E-state index contributed by atoms with van der Waals surface area (Å²) in [6.07, 6.45) is 2.28. The normalized spacial score (nSPS) is 9.94. The zero-order valence-electron chi connectivity index (χ0n) is 9.43. The van der Waals surface area contributed by atoms with E-state index in [9.17, 15) is 4.79 Å². The second kappa shape index (κ2) is 5.56. The third kappa shape index (κ3) is 2.98. The maximum atomic E-state index is 10.4. The Bertz CT molecular complexity index is 500. The van der Waals surface area contributed by atoms with Crippen LogP contribution in [-0.2, 0) is 4.79 Å². The minimum absolute atomic E-state index is 0.269. The number of nitriles is 1. The summed E-state index contributed by atoms with van der Waals surface area (Å²) in [5.74, 6) is -0.251. The van der Waals surface area contributed by atoms with Gasteiger partial charge in [-0.1, -0.05) is 0 Å². The van der Waals surface area contributed by atoms with Gasteiger partial charge >= 0.3 is 5.97 Å². The van der Waals surface area contributed by atoms with Gasteiger partial charge in [-0.3, -0.25) is 0 Å². The van der Waals surface area contributed by atoms with Gasteiger partial charge in [0, 0.05) is 12.1 Å². The molecule has 0 amide bonds. The summed E-state index contributed by atoms with van der Waals surface area (Å²) in [6.45, 7) is 0. The van der Waals surface area contributed by atoms with Crippen molar-refractivity contribution in [2.75, 3.05) is 14.2 Å². The molecule has 1 rings (SSSR count). The SMILES string of the molecule is COc1cc(C=CC(=O)O)c(C#N)c(OC)c1. The zero-order valence-corrected chi connectivity index (χ0v) is 9.43. The van der Waals surface area contributed by atoms with Crippen LogP contribution in [0.1, 0.15) is 11.1 Å². The Morgan fingerprint density at radius 2 is 2.12 bits per heavy atom. The molecule has 0 aliphatic carbocycles. The van der Waals surface area contributed by atoms with E-state index in [4.69, 9.17) is 19.8 Å². The largest absolute Gasteiger partial charge is 0.497 e. The number of hydrogen-bond donors (Lipinski definition) is 1. The van der Waals surface area contributed by atoms with E-state index < -0.39 is 5.97 Å². The number of methoxy groups -OCH3 is 2. The topological polar surface area (TPSA) is 79.5 Å². The van der Waals surface area contributed by atoms with Crippen LogP contribution in [0.4, 0.5) is 0 Å². The summed E-state index contributed by atoms with van der Waals surface area (Å²) in [5, 5.41) is 17.6. The Labute approximate surface area is 98.5 Å². The lowest BCUT2D eigenvalue weighted by atomic mass is 10.1. The molecular weight excluding hydrogens is 222 g/mol. The Morgan fingerprint density at radius 1 is 1.41 bits per heavy atom. The molecule has 0 saturated heterocycles. The molecule has 0 atom stereocenters. The van der Waals surface area contributed by atoms with Crippen molar-refractivity contribution in [3.05, 3.63) is 29.3 Å². The van der Waals surface area contributed by atoms with Crippen LogP contribution in [0.2, 0.25) is 0 Å². The third-order valence-electron chi connectivity index (χ3n) is 2.08. The molecule has 5 nitrogen and oxygen atoms in total. The lowest BCUT2D eigenvalue weighted by Crippen LogP contribution is -1.94. The second-order valence-electron chi connectivity index (χ2n) is 3.08. The molecule has 1 aromatic rings. The maximum absolute atomic E-state index is 10.4. The number of nitrogens with zero attached hydrogens (tertiary/aromatic N) is 1. The highest BCUT2D eigenvalue weighted by Crippen LogP contribution is 2.28. The third-order valence-corrected chi connectivity index (χ3v) is 2.08. The Balaban J connectivity index is 3.35. The van der Waals surface area contributed by atoms with Crippen LogP contribution < -0.4 is 9.47 Å². The minimum Gasteiger partial charge on any atom is -0.497 e. The monoisotopic (exact) mass is 233 g/mol. The van der Waals surface area contributed by atoms with Crippen molar-refractivity contribution >= 4 is 12.0 Å². The van der Waals surface area contributed by atoms with Gasteiger partial charge in [-0.25, -0.2) is 4.79 Å². The Kier molecular flexibility index (Phi) is 4.12. The van der Waals surface area contributed by atoms with Gasteiger partial charge in [0.1, 0.15) is 23.1 Å². The first-order valence-corrected chi connectivity index (χ1v) is 4.69. The summed E-state index contributed by atoms with van der Waals surface area (Å²) in [6, 6.07) is 5.10. The lowest BCUT2D eigenvalue weighted by molar-refractivity contribution is -0.131. The highest BCUT2D eigenvalue weighted by atomic mass is 16.5. The number of benzene rings is 1. The van der Waals surface area contributed by atoms with Gasteiger partial charge in [0.25, 0.3) is 0 Å². The van der Waals surface area contributed by atoms with E-state index in [0.29, 0.717) is 17.1 Å². The molecule has 0 unspecified atom stereocenters. The molecule has 0 aromatic heterocycles. The smallest absolute Gasteiger partial charge is 0.328 e. The minimum atomic E-state index is -1.09. The number of hydrogen-bond acceptors (Lipinski definition) is 4. The molecule has 0 aliphatic rings. The molecule has 0 radical (unpaired) electrons. The van der Waals surface area contributed by atoms with E-state index >= 15 is 0 Å². The fourth-order valence-electron chi connectivity index (χ4n) is 1.30. The van der Waals surface area contributed by atoms with Crippen LogP contribution in [0.25, 0.3) is 6.08 Å². The van der Waals surface area contributed by atoms with E-state index in [1.807, 2.05) is 6.07 Å². The molecule has 0 aliphatic heterocycles. The number of ether oxygens (including phenoxy) is 2. The van der Waals surface area contributed by atoms with Crippen molar-refractivity contribution in [1.82, 2.24) is 0 Å². The molecule has 1 N–H and O–H groups in total. The highest BCUT2D eigenvalue weighted by molar-refractivity contribution is 5.86. The van der Waals surface area contributed by atoms with Gasteiger partial charge in [0.2, 0.25) is 0 Å². The first-order chi connectivity index (χ1) is 8.12. The lowest BCUT2D eigenvalue weighted by Gasteiger charge is -2.08. The van der Waals surface area contributed by atoms with E-state index in [-0.39, 0.29) is 5.56 Å². The fourth-order valence-corrected chi connectivity index (χ4v) is 1.30. The summed E-state index contributed by atoms with van der Waals surface area (Å²) in [7, 11) is 2.91. The van der Waals surface area contributed by atoms with Crippen LogP contribution in [0, 0.1) is 11.3 Å². The summed E-state index contributed by atoms with van der Waals surface area (Å²) in [5.41, 5.74) is 0.705. The predicted octanol–water partition coefficient (Wildman–Crippen LogP) is 1.67. The Morgan fingerprint density at radius 3 is 2.59 bits per heavy atom. The van der Waals surface area contributed by atoms with Crippen LogP contribution in [0.3, 0.4) is 0 Å². The van der Waals surface area contributed by atoms with Crippen LogP contribution in [0.5, 0.6) is 11.5 Å². The van der Waals surface area contributed by atoms with Crippen molar-refractivity contribution in [1.29, 1.82) is 5.26 Å². The summed E-state index contributed by atoms with van der Waals surface area (Å²) < 4.78 is 10.1. The fraction of sp³-hybridized carbons (Fsp3) is 0.167. The first-order valence-electron chi connectivity index (χ1n) is 4.69. The van der Waals surface area contributed by atoms with Crippen molar-refractivity contribution in [3.63, 3.8) is 0 Å². The number of rotatable bonds is 4. The van der Waals surface area contributed by atoms with Crippen molar-refractivity contribution in [2.45, 2.75) is 0 Å². The van der Waals surface area contributed by atoms with Gasteiger partial charge in [0.05, 0.1) is 14.2 Å². The van der Waals surface area contributed by atoms with E-state index in [1.165, 1.54) is 20.3 Å². The zero-order chi connectivity index (χ0) is 12.8. The second-order valence-corrected chi connectivity index (χ2v) is 3.08. The highest BCUT2D eigenvalue weighted by Gasteiger charge is 2.10. The van der Waals surface area contributed by atoms with Crippen LogP contribution >= 0.6 is 0 Å². The molecule has 0 heterocycles. The van der Waals surface area contributed by atoms with Crippen molar-refractivity contribution in [2.24, 2.45) is 0 Å². The number of carboxylic acid groups (broad SMARTS) is 1. The molecule has 0 bridgehead atoms. The van der Waals surface area contributed by atoms with Gasteiger partial charge < -0.3 is 14.6 Å². The van der Waals surface area contributed by atoms with E-state index in [1.54, 1.807) is 12.1 Å². The molecular formula is C12H11NO4. The molecule has 88 valence electrons.